The Morgan fingerprint density at radius 2 is 1.96 bits per heavy atom. The van der Waals surface area contributed by atoms with Crippen molar-refractivity contribution in [2.75, 3.05) is 20.2 Å². The largest absolute Gasteiger partial charge is 0.455 e. The van der Waals surface area contributed by atoms with Gasteiger partial charge >= 0.3 is 5.97 Å². The molecule has 0 saturated heterocycles. The summed E-state index contributed by atoms with van der Waals surface area (Å²) < 4.78 is 5.04. The van der Waals surface area contributed by atoms with Crippen LogP contribution in [0.2, 0.25) is 0 Å². The van der Waals surface area contributed by atoms with Gasteiger partial charge in [0.2, 0.25) is 5.91 Å². The molecule has 1 saturated carbocycles. The van der Waals surface area contributed by atoms with Crippen LogP contribution in [0, 0.1) is 6.92 Å². The van der Waals surface area contributed by atoms with Crippen LogP contribution >= 0.6 is 11.3 Å². The quantitative estimate of drug-likeness (QED) is 0.683. The molecule has 8 heteroatoms. The Balaban J connectivity index is 1.43. The van der Waals surface area contributed by atoms with Gasteiger partial charge in [-0.3, -0.25) is 14.4 Å². The molecule has 1 heterocycles. The van der Waals surface area contributed by atoms with E-state index in [4.69, 9.17) is 4.74 Å². The van der Waals surface area contributed by atoms with Crippen LogP contribution in [0.15, 0.2) is 29.6 Å². The number of hydrogen-bond acceptors (Lipinski definition) is 6. The molecule has 1 aromatic carbocycles. The number of carbonyl (C=O) groups is 3. The van der Waals surface area contributed by atoms with Crippen molar-refractivity contribution in [3.63, 3.8) is 0 Å². The third-order valence-corrected chi connectivity index (χ3v) is 5.22. The molecule has 1 aliphatic rings. The average Bonchev–Trinajstić information content (AvgIpc) is 3.35. The third-order valence-electron chi connectivity index (χ3n) is 4.28. The van der Waals surface area contributed by atoms with Gasteiger partial charge in [0.15, 0.2) is 6.61 Å². The Bertz CT molecular complexity index is 859. The second-order valence-corrected chi connectivity index (χ2v) is 7.80. The molecular weight excluding hydrogens is 378 g/mol. The highest BCUT2D eigenvalue weighted by Gasteiger charge is 2.24. The van der Waals surface area contributed by atoms with Gasteiger partial charge in [0, 0.05) is 24.0 Å². The van der Waals surface area contributed by atoms with Crippen LogP contribution in [-0.4, -0.2) is 53.9 Å². The minimum atomic E-state index is -0.523. The maximum Gasteiger partial charge on any atom is 0.312 e. The Morgan fingerprint density at radius 3 is 2.64 bits per heavy atom. The van der Waals surface area contributed by atoms with Gasteiger partial charge in [0.1, 0.15) is 5.01 Å². The number of hydrogen-bond donors (Lipinski definition) is 1. The number of carbonyl (C=O) groups excluding carboxylic acids is 3. The lowest BCUT2D eigenvalue weighted by molar-refractivity contribution is -0.151. The molecule has 2 amide bonds. The number of likely N-dealkylation sites (N-methyl/N-ethyl adjacent to an activating group) is 1. The van der Waals surface area contributed by atoms with Crippen molar-refractivity contribution in [1.82, 2.24) is 15.2 Å². The molecule has 0 atom stereocenters. The van der Waals surface area contributed by atoms with E-state index in [0.29, 0.717) is 5.69 Å². The van der Waals surface area contributed by atoms with Gasteiger partial charge in [0.05, 0.1) is 18.7 Å². The monoisotopic (exact) mass is 401 g/mol. The lowest BCUT2D eigenvalue weighted by Crippen LogP contribution is -2.40. The van der Waals surface area contributed by atoms with Gasteiger partial charge in [-0.2, -0.15) is 0 Å². The van der Waals surface area contributed by atoms with Crippen molar-refractivity contribution in [2.24, 2.45) is 0 Å². The smallest absolute Gasteiger partial charge is 0.312 e. The molecule has 0 spiro atoms. The molecule has 0 bridgehead atoms. The van der Waals surface area contributed by atoms with Crippen molar-refractivity contribution in [3.8, 4) is 10.6 Å². The Labute approximate surface area is 167 Å². The minimum Gasteiger partial charge on any atom is -0.455 e. The topological polar surface area (TPSA) is 88.6 Å². The van der Waals surface area contributed by atoms with Crippen LogP contribution in [0.5, 0.6) is 0 Å². The number of amides is 2. The molecule has 28 heavy (non-hydrogen) atoms. The lowest BCUT2D eigenvalue weighted by atomic mass is 10.2. The van der Waals surface area contributed by atoms with E-state index >= 15 is 0 Å². The zero-order chi connectivity index (χ0) is 20.1. The number of nitrogens with one attached hydrogen (secondary N) is 1. The van der Waals surface area contributed by atoms with E-state index in [0.717, 1.165) is 23.4 Å². The molecule has 0 aliphatic heterocycles. The summed E-state index contributed by atoms with van der Waals surface area (Å²) in [5, 5.41) is 5.45. The molecule has 0 radical (unpaired) electrons. The average molecular weight is 401 g/mol. The maximum absolute atomic E-state index is 12.0. The number of rotatable bonds is 8. The van der Waals surface area contributed by atoms with Crippen molar-refractivity contribution >= 4 is 29.1 Å². The van der Waals surface area contributed by atoms with Gasteiger partial charge in [-0.25, -0.2) is 4.98 Å². The molecule has 1 N–H and O–H groups in total. The summed E-state index contributed by atoms with van der Waals surface area (Å²) in [6.07, 6.45) is 1.98. The number of nitrogens with zero attached hydrogens (tertiary/aromatic N) is 2. The first kappa shape index (κ1) is 20.0. The molecule has 148 valence electrons. The molecule has 2 aromatic rings. The normalized spacial score (nSPS) is 13.1. The Morgan fingerprint density at radius 1 is 1.25 bits per heavy atom. The zero-order valence-corrected chi connectivity index (χ0v) is 16.8. The molecule has 1 fully saturated rings. The van der Waals surface area contributed by atoms with Crippen LogP contribution in [0.1, 0.15) is 24.1 Å². The lowest BCUT2D eigenvalue weighted by Gasteiger charge is -2.16. The predicted molar refractivity (Wildman–Crippen MR) is 106 cm³/mol. The Hall–Kier alpha value is -2.74. The SMILES string of the molecule is Cc1ccc(-c2nc(CC(=O)OCC(=O)N(C)CC(=O)NC3CC3)cs2)cc1. The van der Waals surface area contributed by atoms with Crippen LogP contribution in [0.25, 0.3) is 10.6 Å². The fourth-order valence-electron chi connectivity index (χ4n) is 2.47. The van der Waals surface area contributed by atoms with E-state index in [-0.39, 0.29) is 31.5 Å². The van der Waals surface area contributed by atoms with E-state index in [1.165, 1.54) is 28.8 Å². The van der Waals surface area contributed by atoms with Crippen molar-refractivity contribution in [1.29, 1.82) is 0 Å². The molecular formula is C20H23N3O4S. The minimum absolute atomic E-state index is 0.00151. The maximum atomic E-state index is 12.0. The number of aromatic nitrogens is 1. The van der Waals surface area contributed by atoms with Crippen molar-refractivity contribution in [3.05, 3.63) is 40.9 Å². The zero-order valence-electron chi connectivity index (χ0n) is 15.9. The highest BCUT2D eigenvalue weighted by atomic mass is 32.1. The van der Waals surface area contributed by atoms with Gasteiger partial charge in [0.25, 0.3) is 5.91 Å². The first-order chi connectivity index (χ1) is 13.4. The fourth-order valence-corrected chi connectivity index (χ4v) is 3.30. The number of benzene rings is 1. The summed E-state index contributed by atoms with van der Waals surface area (Å²) in [5.74, 6) is -1.14. The van der Waals surface area contributed by atoms with Crippen LogP contribution in [-0.2, 0) is 25.5 Å². The van der Waals surface area contributed by atoms with Gasteiger partial charge < -0.3 is 15.0 Å². The number of ether oxygens (including phenoxy) is 1. The number of aryl methyl sites for hydroxylation is 1. The summed E-state index contributed by atoms with van der Waals surface area (Å²) >= 11 is 1.46. The summed E-state index contributed by atoms with van der Waals surface area (Å²) in [6, 6.07) is 8.25. The molecule has 1 aliphatic carbocycles. The van der Waals surface area contributed by atoms with Crippen molar-refractivity contribution in [2.45, 2.75) is 32.2 Å². The molecule has 3 rings (SSSR count). The summed E-state index contributed by atoms with van der Waals surface area (Å²) in [5.41, 5.74) is 2.77. The van der Waals surface area contributed by atoms with E-state index in [2.05, 4.69) is 10.3 Å². The highest BCUT2D eigenvalue weighted by molar-refractivity contribution is 7.13. The molecule has 0 unspecified atom stereocenters. The summed E-state index contributed by atoms with van der Waals surface area (Å²) in [6.45, 7) is 1.59. The van der Waals surface area contributed by atoms with Crippen LogP contribution in [0.4, 0.5) is 0 Å². The fraction of sp³-hybridized carbons (Fsp3) is 0.400. The predicted octanol–water partition coefficient (Wildman–Crippen LogP) is 1.94. The second kappa shape index (κ2) is 8.97. The van der Waals surface area contributed by atoms with E-state index in [1.54, 1.807) is 0 Å². The first-order valence-corrected chi connectivity index (χ1v) is 9.99. The number of esters is 1. The molecule has 7 nitrogen and oxygen atoms in total. The number of thiazole rings is 1. The van der Waals surface area contributed by atoms with E-state index in [9.17, 15) is 14.4 Å². The first-order valence-electron chi connectivity index (χ1n) is 9.11. The van der Waals surface area contributed by atoms with Gasteiger partial charge in [-0.05, 0) is 19.8 Å². The van der Waals surface area contributed by atoms with Crippen LogP contribution < -0.4 is 5.32 Å². The summed E-state index contributed by atoms with van der Waals surface area (Å²) in [7, 11) is 1.51. The van der Waals surface area contributed by atoms with Crippen molar-refractivity contribution < 1.29 is 19.1 Å². The van der Waals surface area contributed by atoms with Gasteiger partial charge in [-0.1, -0.05) is 29.8 Å². The molecule has 1 aromatic heterocycles. The highest BCUT2D eigenvalue weighted by Crippen LogP contribution is 2.24. The third kappa shape index (κ3) is 5.88. The summed E-state index contributed by atoms with van der Waals surface area (Å²) in [4.78, 5) is 41.4. The standard InChI is InChI=1S/C20H23N3O4S/c1-13-3-5-14(6-4-13)20-22-16(12-28-20)9-19(26)27-11-18(25)23(2)10-17(24)21-15-7-8-15/h3-6,12,15H,7-11H2,1-2H3,(H,21,24). The van der Waals surface area contributed by atoms with Gasteiger partial charge in [-0.15, -0.1) is 11.3 Å². The second-order valence-electron chi connectivity index (χ2n) is 6.94. The Kier molecular flexibility index (Phi) is 6.41. The van der Waals surface area contributed by atoms with E-state index < -0.39 is 11.9 Å². The van der Waals surface area contributed by atoms with E-state index in [1.807, 2.05) is 36.6 Å². The van der Waals surface area contributed by atoms with Crippen LogP contribution in [0.3, 0.4) is 0 Å².